The fourth-order valence-corrected chi connectivity index (χ4v) is 4.92. The van der Waals surface area contributed by atoms with E-state index in [0.717, 1.165) is 37.7 Å². The molecule has 1 aromatic carbocycles. The van der Waals surface area contributed by atoms with Crippen LogP contribution in [0.2, 0.25) is 0 Å². The van der Waals surface area contributed by atoms with Gasteiger partial charge in [0, 0.05) is 12.0 Å². The van der Waals surface area contributed by atoms with Crippen molar-refractivity contribution in [2.45, 2.75) is 47.7 Å². The van der Waals surface area contributed by atoms with Crippen molar-refractivity contribution in [3.05, 3.63) is 29.8 Å². The molecule has 3 rings (SSSR count). The lowest BCUT2D eigenvalue weighted by atomic mass is 9.96. The van der Waals surface area contributed by atoms with E-state index in [4.69, 9.17) is 5.73 Å². The molecule has 2 N–H and O–H groups in total. The molecule has 0 bridgehead atoms. The second kappa shape index (κ2) is 4.07. The highest BCUT2D eigenvalue weighted by molar-refractivity contribution is 7.92. The Hall–Kier alpha value is -0.870. The molecule has 98 valence electrons. The Labute approximate surface area is 108 Å². The number of sulfone groups is 1. The highest BCUT2D eigenvalue weighted by Crippen LogP contribution is 2.50. The second-order valence-corrected chi connectivity index (χ2v) is 7.78. The van der Waals surface area contributed by atoms with Crippen LogP contribution in [-0.4, -0.2) is 20.2 Å². The van der Waals surface area contributed by atoms with Gasteiger partial charge in [-0.15, -0.1) is 0 Å². The van der Waals surface area contributed by atoms with Gasteiger partial charge in [-0.05, 0) is 37.3 Å². The van der Waals surface area contributed by atoms with Gasteiger partial charge < -0.3 is 5.73 Å². The van der Waals surface area contributed by atoms with E-state index in [-0.39, 0.29) is 10.7 Å². The monoisotopic (exact) mass is 265 g/mol. The second-order valence-electron chi connectivity index (χ2n) is 5.58. The van der Waals surface area contributed by atoms with Crippen molar-refractivity contribution in [2.75, 3.05) is 6.54 Å². The molecule has 4 heteroatoms. The topological polar surface area (TPSA) is 60.2 Å². The van der Waals surface area contributed by atoms with Gasteiger partial charge in [0.2, 0.25) is 0 Å². The van der Waals surface area contributed by atoms with Gasteiger partial charge in [0.1, 0.15) is 0 Å². The molecule has 0 atom stereocenters. The van der Waals surface area contributed by atoms with Crippen molar-refractivity contribution in [2.24, 2.45) is 5.73 Å². The van der Waals surface area contributed by atoms with Crippen LogP contribution in [0.15, 0.2) is 29.2 Å². The van der Waals surface area contributed by atoms with Crippen LogP contribution in [-0.2, 0) is 15.3 Å². The predicted molar refractivity (Wildman–Crippen MR) is 71.2 cm³/mol. The first-order valence-electron chi connectivity index (χ1n) is 6.64. The maximum atomic E-state index is 12.6. The molecule has 1 aromatic rings. The van der Waals surface area contributed by atoms with Gasteiger partial charge in [-0.1, -0.05) is 24.6 Å². The normalized spacial score (nSPS) is 22.5. The van der Waals surface area contributed by atoms with Crippen molar-refractivity contribution in [3.63, 3.8) is 0 Å². The van der Waals surface area contributed by atoms with E-state index in [1.54, 1.807) is 6.07 Å². The Morgan fingerprint density at radius 2 is 1.89 bits per heavy atom. The summed E-state index contributed by atoms with van der Waals surface area (Å²) in [6.07, 6.45) is 4.69. The van der Waals surface area contributed by atoms with Crippen LogP contribution in [0.25, 0.3) is 0 Å². The van der Waals surface area contributed by atoms with Crippen LogP contribution in [0.3, 0.4) is 0 Å². The largest absolute Gasteiger partial charge is 0.330 e. The van der Waals surface area contributed by atoms with Gasteiger partial charge in [0.25, 0.3) is 0 Å². The minimum atomic E-state index is -3.14. The lowest BCUT2D eigenvalue weighted by Gasteiger charge is -2.27. The molecule has 18 heavy (non-hydrogen) atoms. The summed E-state index contributed by atoms with van der Waals surface area (Å²) in [6, 6.07) is 7.45. The molecule has 2 aliphatic carbocycles. The zero-order valence-electron chi connectivity index (χ0n) is 10.4. The number of benzene rings is 1. The Kier molecular flexibility index (Phi) is 2.75. The lowest BCUT2D eigenvalue weighted by molar-refractivity contribution is 0.475. The predicted octanol–water partition coefficient (Wildman–Crippen LogP) is 2.00. The zero-order chi connectivity index (χ0) is 12.8. The number of hydrogen-bond acceptors (Lipinski definition) is 3. The first-order valence-corrected chi connectivity index (χ1v) is 8.18. The van der Waals surface area contributed by atoms with Gasteiger partial charge >= 0.3 is 0 Å². The summed E-state index contributed by atoms with van der Waals surface area (Å²) in [5.74, 6) is 0. The van der Waals surface area contributed by atoms with Gasteiger partial charge in [-0.25, -0.2) is 8.42 Å². The van der Waals surface area contributed by atoms with Gasteiger partial charge in [0.05, 0.1) is 10.1 Å². The Bertz CT molecular complexity index is 557. The molecule has 3 nitrogen and oxygen atoms in total. The summed E-state index contributed by atoms with van der Waals surface area (Å²) < 4.78 is 25.2. The number of rotatable bonds is 4. The molecule has 0 spiro atoms. The first-order chi connectivity index (χ1) is 8.60. The maximum absolute atomic E-state index is 12.6. The van der Waals surface area contributed by atoms with Gasteiger partial charge in [-0.3, -0.25) is 0 Å². The standard InChI is InChI=1S/C14H19NO2S/c15-10-14(8-9-14)12-6-1-2-7-13(12)18(16,17)11-4-3-5-11/h1-2,6-7,11H,3-5,8-10,15H2. The molecule has 0 aromatic heterocycles. The smallest absolute Gasteiger partial charge is 0.181 e. The summed E-state index contributed by atoms with van der Waals surface area (Å²) in [5.41, 5.74) is 6.74. The quantitative estimate of drug-likeness (QED) is 0.906. The Morgan fingerprint density at radius 3 is 2.39 bits per heavy atom. The lowest BCUT2D eigenvalue weighted by Crippen LogP contribution is -2.31. The third-order valence-corrected chi connectivity index (χ3v) is 6.82. The molecule has 0 heterocycles. The fraction of sp³-hybridized carbons (Fsp3) is 0.571. The first kappa shape index (κ1) is 12.2. The van der Waals surface area contributed by atoms with E-state index in [0.29, 0.717) is 11.4 Å². The van der Waals surface area contributed by atoms with E-state index >= 15 is 0 Å². The molecule has 0 saturated heterocycles. The maximum Gasteiger partial charge on any atom is 0.181 e. The van der Waals surface area contributed by atoms with Crippen molar-refractivity contribution >= 4 is 9.84 Å². The van der Waals surface area contributed by atoms with Crippen molar-refractivity contribution in [1.82, 2.24) is 0 Å². The number of hydrogen-bond donors (Lipinski definition) is 1. The van der Waals surface area contributed by atoms with E-state index in [9.17, 15) is 8.42 Å². The molecule has 2 aliphatic rings. The highest BCUT2D eigenvalue weighted by Gasteiger charge is 2.46. The highest BCUT2D eigenvalue weighted by atomic mass is 32.2. The van der Waals surface area contributed by atoms with E-state index < -0.39 is 9.84 Å². The molecule has 0 amide bonds. The summed E-state index contributed by atoms with van der Waals surface area (Å²) in [4.78, 5) is 0.539. The van der Waals surface area contributed by atoms with Crippen molar-refractivity contribution < 1.29 is 8.42 Å². The third kappa shape index (κ3) is 1.70. The van der Waals surface area contributed by atoms with Gasteiger partial charge in [-0.2, -0.15) is 0 Å². The van der Waals surface area contributed by atoms with E-state index in [1.165, 1.54) is 0 Å². The molecule has 0 unspecified atom stereocenters. The van der Waals surface area contributed by atoms with E-state index in [2.05, 4.69) is 0 Å². The third-order valence-electron chi connectivity index (χ3n) is 4.50. The average molecular weight is 265 g/mol. The van der Waals surface area contributed by atoms with Crippen LogP contribution < -0.4 is 5.73 Å². The molecular weight excluding hydrogens is 246 g/mol. The van der Waals surface area contributed by atoms with Crippen LogP contribution in [0.4, 0.5) is 0 Å². The van der Waals surface area contributed by atoms with Crippen LogP contribution in [0.5, 0.6) is 0 Å². The Morgan fingerprint density at radius 1 is 1.22 bits per heavy atom. The Balaban J connectivity index is 2.07. The van der Waals surface area contributed by atoms with Crippen LogP contribution in [0, 0.1) is 0 Å². The van der Waals surface area contributed by atoms with Gasteiger partial charge in [0.15, 0.2) is 9.84 Å². The average Bonchev–Trinajstić information content (AvgIpc) is 3.07. The van der Waals surface area contributed by atoms with Crippen LogP contribution in [0.1, 0.15) is 37.7 Å². The summed E-state index contributed by atoms with van der Waals surface area (Å²) in [6.45, 7) is 0.546. The SMILES string of the molecule is NCC1(c2ccccc2S(=O)(=O)C2CCC2)CC1. The minimum absolute atomic E-state index is 0.0621. The number of nitrogens with two attached hydrogens (primary N) is 1. The molecule has 0 radical (unpaired) electrons. The minimum Gasteiger partial charge on any atom is -0.330 e. The molecule has 2 saturated carbocycles. The van der Waals surface area contributed by atoms with Crippen LogP contribution >= 0.6 is 0 Å². The summed E-state index contributed by atoms with van der Waals surface area (Å²) >= 11 is 0. The fourth-order valence-electron chi connectivity index (χ4n) is 2.75. The summed E-state index contributed by atoms with van der Waals surface area (Å²) in [5, 5.41) is -0.160. The summed E-state index contributed by atoms with van der Waals surface area (Å²) in [7, 11) is -3.14. The van der Waals surface area contributed by atoms with Crippen molar-refractivity contribution in [1.29, 1.82) is 0 Å². The zero-order valence-corrected chi connectivity index (χ0v) is 11.2. The molecular formula is C14H19NO2S. The van der Waals surface area contributed by atoms with Crippen molar-refractivity contribution in [3.8, 4) is 0 Å². The van der Waals surface area contributed by atoms with E-state index in [1.807, 2.05) is 18.2 Å². The molecule has 2 fully saturated rings. The molecule has 0 aliphatic heterocycles.